The van der Waals surface area contributed by atoms with E-state index in [9.17, 15) is 0 Å². The SMILES string of the molecule is CO/N=C(/C[n+]1cccc2ccccc21)c1ccc(Br)cc1. The molecule has 110 valence electrons. The van der Waals surface area contributed by atoms with Crippen LogP contribution in [0.5, 0.6) is 0 Å². The lowest BCUT2D eigenvalue weighted by Crippen LogP contribution is -2.38. The maximum Gasteiger partial charge on any atom is 0.212 e. The van der Waals surface area contributed by atoms with Gasteiger partial charge in [-0.3, -0.25) is 0 Å². The number of hydrogen-bond acceptors (Lipinski definition) is 2. The van der Waals surface area contributed by atoms with Crippen LogP contribution in [-0.4, -0.2) is 12.8 Å². The second-order valence-electron chi connectivity index (χ2n) is 4.92. The number of halogens is 1. The number of nitrogens with zero attached hydrogens (tertiary/aromatic N) is 2. The quantitative estimate of drug-likeness (QED) is 0.395. The second kappa shape index (κ2) is 6.71. The highest BCUT2D eigenvalue weighted by molar-refractivity contribution is 9.10. The number of pyridine rings is 1. The first-order valence-electron chi connectivity index (χ1n) is 7.01. The van der Waals surface area contributed by atoms with Crippen LogP contribution in [0.15, 0.2) is 76.5 Å². The van der Waals surface area contributed by atoms with Gasteiger partial charge in [-0.2, -0.15) is 4.57 Å². The molecule has 2 aromatic carbocycles. The minimum atomic E-state index is 0.650. The van der Waals surface area contributed by atoms with Crippen LogP contribution in [0.2, 0.25) is 0 Å². The van der Waals surface area contributed by atoms with Gasteiger partial charge in [0.25, 0.3) is 0 Å². The number of oxime groups is 1. The van der Waals surface area contributed by atoms with E-state index in [0.717, 1.165) is 15.7 Å². The summed E-state index contributed by atoms with van der Waals surface area (Å²) in [4.78, 5) is 5.04. The molecule has 3 rings (SSSR count). The minimum absolute atomic E-state index is 0.650. The van der Waals surface area contributed by atoms with Crippen molar-refractivity contribution in [3.05, 3.63) is 76.9 Å². The lowest BCUT2D eigenvalue weighted by molar-refractivity contribution is -0.655. The molecule has 4 heteroatoms. The van der Waals surface area contributed by atoms with Gasteiger partial charge in [-0.15, -0.1) is 0 Å². The molecule has 0 unspecified atom stereocenters. The van der Waals surface area contributed by atoms with E-state index in [2.05, 4.69) is 50.0 Å². The van der Waals surface area contributed by atoms with E-state index in [1.165, 1.54) is 10.9 Å². The molecule has 3 aromatic rings. The Morgan fingerprint density at radius 1 is 1.05 bits per heavy atom. The van der Waals surface area contributed by atoms with Crippen molar-refractivity contribution in [3.63, 3.8) is 0 Å². The fraction of sp³-hybridized carbons (Fsp3) is 0.111. The predicted molar refractivity (Wildman–Crippen MR) is 91.8 cm³/mol. The second-order valence-corrected chi connectivity index (χ2v) is 5.84. The molecule has 0 N–H and O–H groups in total. The molecular formula is C18H16BrN2O+. The van der Waals surface area contributed by atoms with Crippen LogP contribution in [0, 0.1) is 0 Å². The zero-order chi connectivity index (χ0) is 15.4. The summed E-state index contributed by atoms with van der Waals surface area (Å²) < 4.78 is 3.22. The largest absolute Gasteiger partial charge is 0.399 e. The van der Waals surface area contributed by atoms with Crippen molar-refractivity contribution < 1.29 is 9.40 Å². The van der Waals surface area contributed by atoms with E-state index in [1.54, 1.807) is 7.11 Å². The van der Waals surface area contributed by atoms with E-state index < -0.39 is 0 Å². The summed E-state index contributed by atoms with van der Waals surface area (Å²) in [6.07, 6.45) is 2.06. The Hall–Kier alpha value is -2.20. The number of rotatable bonds is 4. The number of aromatic nitrogens is 1. The van der Waals surface area contributed by atoms with Gasteiger partial charge >= 0.3 is 0 Å². The molecule has 0 atom stereocenters. The topological polar surface area (TPSA) is 25.5 Å². The molecule has 1 aromatic heterocycles. The molecule has 0 saturated carbocycles. The van der Waals surface area contributed by atoms with Gasteiger partial charge in [-0.1, -0.05) is 45.4 Å². The van der Waals surface area contributed by atoms with Crippen LogP contribution in [0.1, 0.15) is 5.56 Å². The molecule has 0 fully saturated rings. The highest BCUT2D eigenvalue weighted by Crippen LogP contribution is 2.13. The molecule has 0 radical (unpaired) electrons. The zero-order valence-corrected chi connectivity index (χ0v) is 13.8. The molecule has 0 aliphatic rings. The number of hydrogen-bond donors (Lipinski definition) is 0. The fourth-order valence-corrected chi connectivity index (χ4v) is 2.71. The molecule has 0 aliphatic carbocycles. The predicted octanol–water partition coefficient (Wildman–Crippen LogP) is 3.94. The van der Waals surface area contributed by atoms with Crippen molar-refractivity contribution >= 4 is 32.5 Å². The van der Waals surface area contributed by atoms with Gasteiger partial charge in [-0.05, 0) is 24.3 Å². The lowest BCUT2D eigenvalue weighted by atomic mass is 10.1. The number of para-hydroxylation sites is 1. The van der Waals surface area contributed by atoms with Gasteiger partial charge in [0.1, 0.15) is 7.11 Å². The van der Waals surface area contributed by atoms with Crippen LogP contribution >= 0.6 is 15.9 Å². The first kappa shape index (κ1) is 14.7. The third-order valence-corrected chi connectivity index (χ3v) is 4.02. The standard InChI is InChI=1S/C18H16BrN2O/c1-22-20-17(14-8-10-16(19)11-9-14)13-21-12-4-6-15-5-2-3-7-18(15)21/h2-12H,13H2,1H3/q+1/b20-17-. The average Bonchev–Trinajstić information content (AvgIpc) is 2.55. The Kier molecular flexibility index (Phi) is 4.49. The Balaban J connectivity index is 2.00. The molecule has 3 nitrogen and oxygen atoms in total. The summed E-state index contributed by atoms with van der Waals surface area (Å²) >= 11 is 3.46. The smallest absolute Gasteiger partial charge is 0.212 e. The van der Waals surface area contributed by atoms with Gasteiger partial charge < -0.3 is 4.84 Å². The maximum atomic E-state index is 5.04. The van der Waals surface area contributed by atoms with Crippen LogP contribution < -0.4 is 4.57 Å². The van der Waals surface area contributed by atoms with Gasteiger partial charge in [0.15, 0.2) is 18.5 Å². The molecule has 0 bridgehead atoms. The maximum absolute atomic E-state index is 5.04. The summed E-state index contributed by atoms with van der Waals surface area (Å²) in [5.41, 5.74) is 3.10. The molecular weight excluding hydrogens is 340 g/mol. The summed E-state index contributed by atoms with van der Waals surface area (Å²) in [7, 11) is 1.58. The first-order valence-corrected chi connectivity index (χ1v) is 7.80. The molecule has 0 aliphatic heterocycles. The third-order valence-electron chi connectivity index (χ3n) is 3.49. The van der Waals surface area contributed by atoms with Crippen LogP contribution in [0.25, 0.3) is 10.9 Å². The van der Waals surface area contributed by atoms with Crippen molar-refractivity contribution in [2.45, 2.75) is 6.54 Å². The van der Waals surface area contributed by atoms with Crippen LogP contribution in [-0.2, 0) is 11.4 Å². The van der Waals surface area contributed by atoms with Crippen molar-refractivity contribution in [2.24, 2.45) is 5.16 Å². The van der Waals surface area contributed by atoms with E-state index >= 15 is 0 Å². The summed E-state index contributed by atoms with van der Waals surface area (Å²) in [6.45, 7) is 0.650. The van der Waals surface area contributed by atoms with E-state index in [-0.39, 0.29) is 0 Å². The summed E-state index contributed by atoms with van der Waals surface area (Å²) in [5, 5.41) is 5.41. The van der Waals surface area contributed by atoms with Crippen LogP contribution in [0.3, 0.4) is 0 Å². The first-order chi connectivity index (χ1) is 10.8. The van der Waals surface area contributed by atoms with Gasteiger partial charge in [0, 0.05) is 27.6 Å². The molecule has 1 heterocycles. The van der Waals surface area contributed by atoms with Crippen LogP contribution in [0.4, 0.5) is 0 Å². The average molecular weight is 356 g/mol. The monoisotopic (exact) mass is 355 g/mol. The van der Waals surface area contributed by atoms with Gasteiger partial charge in [-0.25, -0.2) is 0 Å². The summed E-state index contributed by atoms with van der Waals surface area (Å²) in [5.74, 6) is 0. The summed E-state index contributed by atoms with van der Waals surface area (Å²) in [6, 6.07) is 20.6. The van der Waals surface area contributed by atoms with Gasteiger partial charge in [0.2, 0.25) is 5.52 Å². The Bertz CT molecular complexity index is 807. The van der Waals surface area contributed by atoms with Crippen molar-refractivity contribution in [1.29, 1.82) is 0 Å². The molecule has 0 saturated heterocycles. The normalized spacial score (nSPS) is 11.6. The Labute approximate surface area is 138 Å². The lowest BCUT2D eigenvalue weighted by Gasteiger charge is -2.05. The number of benzene rings is 2. The molecule has 0 amide bonds. The van der Waals surface area contributed by atoms with E-state index in [1.807, 2.05) is 42.5 Å². The third kappa shape index (κ3) is 3.17. The highest BCUT2D eigenvalue weighted by Gasteiger charge is 2.14. The van der Waals surface area contributed by atoms with Crippen molar-refractivity contribution in [3.8, 4) is 0 Å². The van der Waals surface area contributed by atoms with Crippen molar-refractivity contribution in [1.82, 2.24) is 0 Å². The van der Waals surface area contributed by atoms with Crippen molar-refractivity contribution in [2.75, 3.05) is 7.11 Å². The highest BCUT2D eigenvalue weighted by atomic mass is 79.9. The number of fused-ring (bicyclic) bond motifs is 1. The Morgan fingerprint density at radius 3 is 2.55 bits per heavy atom. The van der Waals surface area contributed by atoms with Gasteiger partial charge in [0.05, 0.1) is 0 Å². The van der Waals surface area contributed by atoms with E-state index in [4.69, 9.17) is 4.84 Å². The van der Waals surface area contributed by atoms with E-state index in [0.29, 0.717) is 6.54 Å². The molecule has 0 spiro atoms. The Morgan fingerprint density at radius 2 is 1.77 bits per heavy atom. The minimum Gasteiger partial charge on any atom is -0.399 e. The fourth-order valence-electron chi connectivity index (χ4n) is 2.45. The molecule has 22 heavy (non-hydrogen) atoms. The zero-order valence-electron chi connectivity index (χ0n) is 12.2.